The second-order valence-corrected chi connectivity index (χ2v) is 3.94. The van der Waals surface area contributed by atoms with Gasteiger partial charge >= 0.3 is 0 Å². The maximum absolute atomic E-state index is 13.5. The summed E-state index contributed by atoms with van der Waals surface area (Å²) in [5.41, 5.74) is 0.847. The van der Waals surface area contributed by atoms with Gasteiger partial charge in [-0.1, -0.05) is 6.07 Å². The smallest absolute Gasteiger partial charge is 0.165 e. The molecule has 1 atom stereocenters. The van der Waals surface area contributed by atoms with E-state index in [1.165, 1.54) is 19.5 Å². The maximum Gasteiger partial charge on any atom is 0.165 e. The summed E-state index contributed by atoms with van der Waals surface area (Å²) in [6, 6.07) is 4.92. The highest BCUT2D eigenvalue weighted by Crippen LogP contribution is 2.18. The summed E-state index contributed by atoms with van der Waals surface area (Å²) in [7, 11) is 1.45. The molecule has 2 rings (SSSR count). The number of H-pyrrole nitrogens is 1. The first-order valence-electron chi connectivity index (χ1n) is 5.61. The van der Waals surface area contributed by atoms with E-state index in [1.54, 1.807) is 6.07 Å². The lowest BCUT2D eigenvalue weighted by Crippen LogP contribution is -2.19. The first-order chi connectivity index (χ1) is 8.70. The zero-order valence-corrected chi connectivity index (χ0v) is 10.3. The van der Waals surface area contributed by atoms with E-state index in [0.717, 1.165) is 11.4 Å². The minimum Gasteiger partial charge on any atom is -0.494 e. The first kappa shape index (κ1) is 12.5. The number of ether oxygens (including phenoxy) is 1. The molecule has 0 aliphatic carbocycles. The Morgan fingerprint density at radius 3 is 2.94 bits per heavy atom. The highest BCUT2D eigenvalue weighted by Gasteiger charge is 2.08. The van der Waals surface area contributed by atoms with Gasteiger partial charge in [0.05, 0.1) is 13.2 Å². The van der Waals surface area contributed by atoms with Gasteiger partial charge < -0.3 is 10.1 Å². The third-order valence-electron chi connectivity index (χ3n) is 2.67. The number of hydrogen-bond acceptors (Lipinski definition) is 4. The maximum atomic E-state index is 13.5. The molecule has 1 aromatic heterocycles. The number of nitrogens with one attached hydrogen (secondary N) is 2. The van der Waals surface area contributed by atoms with Gasteiger partial charge in [-0.2, -0.15) is 5.10 Å². The summed E-state index contributed by atoms with van der Waals surface area (Å²) in [5, 5.41) is 9.79. The van der Waals surface area contributed by atoms with Gasteiger partial charge in [0.15, 0.2) is 11.6 Å². The van der Waals surface area contributed by atoms with Gasteiger partial charge in [-0.25, -0.2) is 9.37 Å². The molecule has 5 nitrogen and oxygen atoms in total. The molecule has 1 heterocycles. The molecule has 1 aromatic carbocycles. The summed E-state index contributed by atoms with van der Waals surface area (Å²) in [6.07, 6.45) is 1.46. The Hall–Kier alpha value is -1.95. The number of hydrogen-bond donors (Lipinski definition) is 2. The number of aromatic amines is 1. The minimum atomic E-state index is -0.357. The fourth-order valence-electron chi connectivity index (χ4n) is 1.61. The van der Waals surface area contributed by atoms with Crippen LogP contribution in [0, 0.1) is 5.82 Å². The highest BCUT2D eigenvalue weighted by molar-refractivity contribution is 5.29. The molecule has 0 saturated heterocycles. The summed E-state index contributed by atoms with van der Waals surface area (Å²) < 4.78 is 18.3. The van der Waals surface area contributed by atoms with Crippen molar-refractivity contribution < 1.29 is 9.13 Å². The Morgan fingerprint density at radius 1 is 1.50 bits per heavy atom. The number of nitrogens with zero attached hydrogens (tertiary/aromatic N) is 2. The minimum absolute atomic E-state index is 0.0256. The fraction of sp³-hybridized carbons (Fsp3) is 0.333. The number of methoxy groups -OCH3 is 1. The highest BCUT2D eigenvalue weighted by atomic mass is 19.1. The lowest BCUT2D eigenvalue weighted by molar-refractivity contribution is 0.386. The fourth-order valence-corrected chi connectivity index (χ4v) is 1.61. The van der Waals surface area contributed by atoms with Gasteiger partial charge in [-0.15, -0.1) is 0 Å². The van der Waals surface area contributed by atoms with Crippen LogP contribution < -0.4 is 10.1 Å². The molecule has 1 unspecified atom stereocenters. The normalized spacial score (nSPS) is 12.4. The molecule has 0 radical (unpaired) electrons. The molecular formula is C12H15FN4O. The molecule has 0 fully saturated rings. The molecule has 0 spiro atoms. The Bertz CT molecular complexity index is 501. The number of benzene rings is 1. The van der Waals surface area contributed by atoms with Crippen molar-refractivity contribution in [2.24, 2.45) is 0 Å². The van der Waals surface area contributed by atoms with Crippen LogP contribution in [0.4, 0.5) is 4.39 Å². The number of halogens is 1. The third-order valence-corrected chi connectivity index (χ3v) is 2.67. The van der Waals surface area contributed by atoms with Gasteiger partial charge in [0, 0.05) is 6.54 Å². The van der Waals surface area contributed by atoms with E-state index in [2.05, 4.69) is 20.5 Å². The van der Waals surface area contributed by atoms with Crippen molar-refractivity contribution in [2.45, 2.75) is 19.5 Å². The molecule has 2 N–H and O–H groups in total. The first-order valence-corrected chi connectivity index (χ1v) is 5.61. The molecule has 96 valence electrons. The summed E-state index contributed by atoms with van der Waals surface area (Å²) >= 11 is 0. The molecule has 6 heteroatoms. The van der Waals surface area contributed by atoms with Crippen LogP contribution in [0.3, 0.4) is 0 Å². The van der Waals surface area contributed by atoms with Crippen LogP contribution in [0.1, 0.15) is 24.4 Å². The van der Waals surface area contributed by atoms with Crippen molar-refractivity contribution in [1.29, 1.82) is 0 Å². The van der Waals surface area contributed by atoms with E-state index in [1.807, 2.05) is 13.0 Å². The zero-order chi connectivity index (χ0) is 13.0. The van der Waals surface area contributed by atoms with Crippen LogP contribution in [-0.2, 0) is 6.54 Å². The van der Waals surface area contributed by atoms with E-state index >= 15 is 0 Å². The topological polar surface area (TPSA) is 62.8 Å². The van der Waals surface area contributed by atoms with Crippen LogP contribution in [-0.4, -0.2) is 22.3 Å². The largest absolute Gasteiger partial charge is 0.494 e. The zero-order valence-electron chi connectivity index (χ0n) is 10.3. The Labute approximate surface area is 104 Å². The van der Waals surface area contributed by atoms with E-state index in [-0.39, 0.29) is 17.6 Å². The lowest BCUT2D eigenvalue weighted by atomic mass is 10.2. The SMILES string of the molecule is COc1ccc(CNC(C)c2ncn[nH]2)cc1F. The Morgan fingerprint density at radius 2 is 2.33 bits per heavy atom. The van der Waals surface area contributed by atoms with E-state index < -0.39 is 0 Å². The predicted molar refractivity (Wildman–Crippen MR) is 64.6 cm³/mol. The number of rotatable bonds is 5. The standard InChI is InChI=1S/C12H15FN4O/c1-8(12-15-7-16-17-12)14-6-9-3-4-11(18-2)10(13)5-9/h3-5,7-8,14H,6H2,1-2H3,(H,15,16,17). The van der Waals surface area contributed by atoms with Crippen molar-refractivity contribution >= 4 is 0 Å². The summed E-state index contributed by atoms with van der Waals surface area (Å²) in [6.45, 7) is 2.50. The second-order valence-electron chi connectivity index (χ2n) is 3.94. The monoisotopic (exact) mass is 250 g/mol. The van der Waals surface area contributed by atoms with Crippen molar-refractivity contribution in [1.82, 2.24) is 20.5 Å². The molecular weight excluding hydrogens is 235 g/mol. The van der Waals surface area contributed by atoms with Gasteiger partial charge in [0.25, 0.3) is 0 Å². The van der Waals surface area contributed by atoms with Crippen molar-refractivity contribution in [3.63, 3.8) is 0 Å². The van der Waals surface area contributed by atoms with Crippen LogP contribution in [0.2, 0.25) is 0 Å². The van der Waals surface area contributed by atoms with Gasteiger partial charge in [0.1, 0.15) is 12.2 Å². The average Bonchev–Trinajstić information content (AvgIpc) is 2.90. The van der Waals surface area contributed by atoms with E-state index in [0.29, 0.717) is 6.54 Å². The van der Waals surface area contributed by atoms with Crippen LogP contribution >= 0.6 is 0 Å². The molecule has 0 aliphatic rings. The third kappa shape index (κ3) is 2.84. The summed E-state index contributed by atoms with van der Waals surface area (Å²) in [5.74, 6) is 0.648. The van der Waals surface area contributed by atoms with Gasteiger partial charge in [0.2, 0.25) is 0 Å². The quantitative estimate of drug-likeness (QED) is 0.849. The van der Waals surface area contributed by atoms with Crippen LogP contribution in [0.5, 0.6) is 5.75 Å². The Kier molecular flexibility index (Phi) is 3.88. The summed E-state index contributed by atoms with van der Waals surface area (Å²) in [4.78, 5) is 4.05. The van der Waals surface area contributed by atoms with Crippen molar-refractivity contribution in [3.05, 3.63) is 41.7 Å². The van der Waals surface area contributed by atoms with E-state index in [9.17, 15) is 4.39 Å². The van der Waals surface area contributed by atoms with Crippen molar-refractivity contribution in [3.8, 4) is 5.75 Å². The predicted octanol–water partition coefficient (Wildman–Crippen LogP) is 1.80. The van der Waals surface area contributed by atoms with E-state index in [4.69, 9.17) is 4.74 Å². The van der Waals surface area contributed by atoms with Crippen LogP contribution in [0.25, 0.3) is 0 Å². The average molecular weight is 250 g/mol. The lowest BCUT2D eigenvalue weighted by Gasteiger charge is -2.11. The molecule has 0 amide bonds. The molecule has 2 aromatic rings. The number of aromatic nitrogens is 3. The van der Waals surface area contributed by atoms with Crippen LogP contribution in [0.15, 0.2) is 24.5 Å². The molecule has 0 saturated carbocycles. The molecule has 18 heavy (non-hydrogen) atoms. The molecule has 0 bridgehead atoms. The van der Waals surface area contributed by atoms with Gasteiger partial charge in [-0.3, -0.25) is 5.10 Å². The van der Waals surface area contributed by atoms with Gasteiger partial charge in [-0.05, 0) is 24.6 Å². The second kappa shape index (κ2) is 5.59. The van der Waals surface area contributed by atoms with Crippen molar-refractivity contribution in [2.75, 3.05) is 7.11 Å². The Balaban J connectivity index is 1.96. The molecule has 0 aliphatic heterocycles.